The van der Waals surface area contributed by atoms with Gasteiger partial charge in [-0.25, -0.2) is 14.0 Å². The summed E-state index contributed by atoms with van der Waals surface area (Å²) in [4.78, 5) is 22.7. The van der Waals surface area contributed by atoms with Crippen LogP contribution >= 0.6 is 0 Å². The van der Waals surface area contributed by atoms with Crippen molar-refractivity contribution in [3.05, 3.63) is 24.0 Å². The van der Waals surface area contributed by atoms with Gasteiger partial charge in [0.15, 0.2) is 11.6 Å². The summed E-state index contributed by atoms with van der Waals surface area (Å²) in [5, 5.41) is 13.7. The lowest BCUT2D eigenvalue weighted by Gasteiger charge is -2.18. The van der Waals surface area contributed by atoms with Gasteiger partial charge < -0.3 is 20.5 Å². The van der Waals surface area contributed by atoms with Crippen LogP contribution < -0.4 is 15.4 Å². The number of carbonyl (C=O) groups is 2. The number of halogens is 1. The monoisotopic (exact) mass is 284 g/mol. The van der Waals surface area contributed by atoms with Gasteiger partial charge in [-0.3, -0.25) is 0 Å². The van der Waals surface area contributed by atoms with E-state index in [0.29, 0.717) is 5.69 Å². The number of hydrogen-bond donors (Lipinski definition) is 3. The van der Waals surface area contributed by atoms with Gasteiger partial charge in [0.1, 0.15) is 6.04 Å². The van der Waals surface area contributed by atoms with E-state index < -0.39 is 23.9 Å². The van der Waals surface area contributed by atoms with Crippen molar-refractivity contribution in [2.45, 2.75) is 19.9 Å². The second-order valence-corrected chi connectivity index (χ2v) is 4.51. The van der Waals surface area contributed by atoms with Crippen molar-refractivity contribution in [1.29, 1.82) is 0 Å². The highest BCUT2D eigenvalue weighted by Crippen LogP contribution is 2.21. The fourth-order valence-corrected chi connectivity index (χ4v) is 1.56. The van der Waals surface area contributed by atoms with E-state index in [9.17, 15) is 14.0 Å². The van der Waals surface area contributed by atoms with Crippen LogP contribution in [0.25, 0.3) is 0 Å². The van der Waals surface area contributed by atoms with Crippen LogP contribution in [0.3, 0.4) is 0 Å². The van der Waals surface area contributed by atoms with Crippen molar-refractivity contribution in [1.82, 2.24) is 5.32 Å². The highest BCUT2D eigenvalue weighted by molar-refractivity contribution is 5.92. The standard InChI is InChI=1S/C13H17FN2O4/c1-7(2)11(12(17)18)16-13(19)15-8-4-5-9(14)10(6-8)20-3/h4-7,11H,1-3H3,(H,17,18)(H2,15,16,19)/t11-/m1/s1. The molecule has 6 nitrogen and oxygen atoms in total. The second-order valence-electron chi connectivity index (χ2n) is 4.51. The number of carboxylic acid groups (broad SMARTS) is 1. The third kappa shape index (κ3) is 4.11. The van der Waals surface area contributed by atoms with E-state index in [2.05, 4.69) is 10.6 Å². The van der Waals surface area contributed by atoms with Crippen molar-refractivity contribution in [2.75, 3.05) is 12.4 Å². The van der Waals surface area contributed by atoms with Crippen molar-refractivity contribution in [3.8, 4) is 5.75 Å². The summed E-state index contributed by atoms with van der Waals surface area (Å²) in [5.41, 5.74) is 0.300. The highest BCUT2D eigenvalue weighted by Gasteiger charge is 2.23. The molecule has 0 saturated heterocycles. The molecule has 0 aliphatic rings. The average Bonchev–Trinajstić information content (AvgIpc) is 2.37. The normalized spacial score (nSPS) is 11.8. The molecule has 0 aromatic heterocycles. The minimum atomic E-state index is -1.12. The molecule has 2 amide bonds. The molecule has 0 spiro atoms. The minimum Gasteiger partial charge on any atom is -0.494 e. The van der Waals surface area contributed by atoms with E-state index in [1.807, 2.05) is 0 Å². The lowest BCUT2D eigenvalue weighted by atomic mass is 10.1. The number of methoxy groups -OCH3 is 1. The molecule has 1 aromatic rings. The molecule has 1 rings (SSSR count). The average molecular weight is 284 g/mol. The van der Waals surface area contributed by atoms with Crippen LogP contribution in [-0.2, 0) is 4.79 Å². The predicted molar refractivity (Wildman–Crippen MR) is 71.4 cm³/mol. The maximum absolute atomic E-state index is 13.2. The number of amides is 2. The van der Waals surface area contributed by atoms with Crippen LogP contribution in [0.4, 0.5) is 14.9 Å². The van der Waals surface area contributed by atoms with E-state index in [1.54, 1.807) is 13.8 Å². The van der Waals surface area contributed by atoms with Crippen LogP contribution in [-0.4, -0.2) is 30.3 Å². The van der Waals surface area contributed by atoms with E-state index in [4.69, 9.17) is 9.84 Å². The first-order valence-electron chi connectivity index (χ1n) is 5.99. The molecule has 0 radical (unpaired) electrons. The van der Waals surface area contributed by atoms with Crippen LogP contribution in [0, 0.1) is 11.7 Å². The third-order valence-corrected chi connectivity index (χ3v) is 2.63. The molecule has 0 saturated carbocycles. The Balaban J connectivity index is 2.73. The Labute approximate surface area is 115 Å². The van der Waals surface area contributed by atoms with Gasteiger partial charge in [0, 0.05) is 11.8 Å². The Hall–Kier alpha value is -2.31. The van der Waals surface area contributed by atoms with Gasteiger partial charge in [-0.15, -0.1) is 0 Å². The molecule has 0 aliphatic carbocycles. The molecule has 0 heterocycles. The second kappa shape index (κ2) is 6.74. The van der Waals surface area contributed by atoms with Gasteiger partial charge in [-0.05, 0) is 18.1 Å². The van der Waals surface area contributed by atoms with E-state index in [-0.39, 0.29) is 11.7 Å². The molecular formula is C13H17FN2O4. The number of ether oxygens (including phenoxy) is 1. The van der Waals surface area contributed by atoms with Crippen molar-refractivity contribution in [3.63, 3.8) is 0 Å². The van der Waals surface area contributed by atoms with Gasteiger partial charge in [-0.2, -0.15) is 0 Å². The number of carboxylic acids is 1. The SMILES string of the molecule is COc1cc(NC(=O)N[C@@H](C(=O)O)C(C)C)ccc1F. The smallest absolute Gasteiger partial charge is 0.326 e. The zero-order valence-electron chi connectivity index (χ0n) is 11.4. The topological polar surface area (TPSA) is 87.7 Å². The molecule has 0 bridgehead atoms. The van der Waals surface area contributed by atoms with Crippen molar-refractivity contribution >= 4 is 17.7 Å². The molecule has 1 atom stereocenters. The summed E-state index contributed by atoms with van der Waals surface area (Å²) in [7, 11) is 1.31. The number of hydrogen-bond acceptors (Lipinski definition) is 3. The molecule has 0 aliphatic heterocycles. The van der Waals surface area contributed by atoms with E-state index in [0.717, 1.165) is 6.07 Å². The van der Waals surface area contributed by atoms with Gasteiger partial charge in [0.25, 0.3) is 0 Å². The number of nitrogens with one attached hydrogen (secondary N) is 2. The van der Waals surface area contributed by atoms with Crippen LogP contribution in [0.15, 0.2) is 18.2 Å². The van der Waals surface area contributed by atoms with Crippen molar-refractivity contribution in [2.24, 2.45) is 5.92 Å². The summed E-state index contributed by atoms with van der Waals surface area (Å²) in [5.74, 6) is -1.95. The zero-order chi connectivity index (χ0) is 15.3. The van der Waals surface area contributed by atoms with Gasteiger partial charge in [0.2, 0.25) is 0 Å². The Morgan fingerprint density at radius 1 is 1.35 bits per heavy atom. The number of carbonyl (C=O) groups excluding carboxylic acids is 1. The predicted octanol–water partition coefficient (Wildman–Crippen LogP) is 2.06. The highest BCUT2D eigenvalue weighted by atomic mass is 19.1. The summed E-state index contributed by atoms with van der Waals surface area (Å²) >= 11 is 0. The molecule has 1 aromatic carbocycles. The first-order valence-corrected chi connectivity index (χ1v) is 5.99. The Morgan fingerprint density at radius 2 is 2.00 bits per heavy atom. The summed E-state index contributed by atoms with van der Waals surface area (Å²) in [6, 6.07) is 2.12. The number of aliphatic carboxylic acids is 1. The van der Waals surface area contributed by atoms with Crippen LogP contribution in [0.2, 0.25) is 0 Å². The first kappa shape index (κ1) is 15.7. The molecule has 0 unspecified atom stereocenters. The zero-order valence-corrected chi connectivity index (χ0v) is 11.4. The minimum absolute atomic E-state index is 0.0126. The molecule has 20 heavy (non-hydrogen) atoms. The number of benzene rings is 1. The molecular weight excluding hydrogens is 267 g/mol. The summed E-state index contributed by atoms with van der Waals surface area (Å²) in [6.45, 7) is 3.36. The number of urea groups is 1. The first-order chi connectivity index (χ1) is 9.35. The molecule has 0 fully saturated rings. The quantitative estimate of drug-likeness (QED) is 0.772. The fourth-order valence-electron chi connectivity index (χ4n) is 1.56. The molecule has 110 valence electrons. The third-order valence-electron chi connectivity index (χ3n) is 2.63. The Morgan fingerprint density at radius 3 is 2.50 bits per heavy atom. The van der Waals surface area contributed by atoms with Gasteiger partial charge in [0.05, 0.1) is 7.11 Å². The molecule has 3 N–H and O–H groups in total. The number of rotatable bonds is 5. The maximum Gasteiger partial charge on any atom is 0.326 e. The van der Waals surface area contributed by atoms with Crippen molar-refractivity contribution < 1.29 is 23.8 Å². The van der Waals surface area contributed by atoms with E-state index in [1.165, 1.54) is 19.2 Å². The fraction of sp³-hybridized carbons (Fsp3) is 0.385. The van der Waals surface area contributed by atoms with Gasteiger partial charge >= 0.3 is 12.0 Å². The van der Waals surface area contributed by atoms with Gasteiger partial charge in [-0.1, -0.05) is 13.8 Å². The maximum atomic E-state index is 13.2. The van der Waals surface area contributed by atoms with Crippen LogP contribution in [0.1, 0.15) is 13.8 Å². The summed E-state index contributed by atoms with van der Waals surface area (Å²) < 4.78 is 18.0. The summed E-state index contributed by atoms with van der Waals surface area (Å²) in [6.07, 6.45) is 0. The lowest BCUT2D eigenvalue weighted by molar-refractivity contribution is -0.140. The Bertz CT molecular complexity index is 505. The van der Waals surface area contributed by atoms with Crippen LogP contribution in [0.5, 0.6) is 5.75 Å². The Kier molecular flexibility index (Phi) is 5.31. The van der Waals surface area contributed by atoms with E-state index >= 15 is 0 Å². The lowest BCUT2D eigenvalue weighted by Crippen LogP contribution is -2.46. The largest absolute Gasteiger partial charge is 0.494 e. The molecule has 7 heteroatoms. The number of anilines is 1.